The van der Waals surface area contributed by atoms with Crippen molar-refractivity contribution >= 4 is 28.3 Å². The van der Waals surface area contributed by atoms with Crippen molar-refractivity contribution in [3.8, 4) is 10.6 Å². The molecule has 3 aromatic carbocycles. The molecule has 0 fully saturated rings. The number of hydrogen-bond acceptors (Lipinski definition) is 5. The number of nitrogens with zero attached hydrogens (tertiary/aromatic N) is 2. The van der Waals surface area contributed by atoms with Gasteiger partial charge in [-0.25, -0.2) is 4.39 Å². The van der Waals surface area contributed by atoms with Gasteiger partial charge < -0.3 is 5.32 Å². The fourth-order valence-electron chi connectivity index (χ4n) is 3.29. The lowest BCUT2D eigenvalue weighted by Gasteiger charge is -2.18. The highest BCUT2D eigenvalue weighted by Gasteiger charge is 2.30. The summed E-state index contributed by atoms with van der Waals surface area (Å²) >= 11 is 1.07. The maximum Gasteiger partial charge on any atom is 0.416 e. The molecule has 1 aromatic heterocycles. The Hall–Kier alpha value is -4.12. The molecule has 0 aliphatic carbocycles. The van der Waals surface area contributed by atoms with Crippen LogP contribution in [0.1, 0.15) is 21.5 Å². The molecular weight excluding hydrogens is 496 g/mol. The number of anilines is 1. The topological polar surface area (TPSA) is 84.0 Å². The van der Waals surface area contributed by atoms with Crippen LogP contribution < -0.4 is 10.6 Å². The van der Waals surface area contributed by atoms with E-state index in [0.29, 0.717) is 10.6 Å². The van der Waals surface area contributed by atoms with E-state index in [-0.39, 0.29) is 17.1 Å². The molecule has 11 heteroatoms. The van der Waals surface area contributed by atoms with Crippen LogP contribution in [0.25, 0.3) is 10.6 Å². The second-order valence-electron chi connectivity index (χ2n) is 7.70. The molecule has 1 unspecified atom stereocenters. The van der Waals surface area contributed by atoms with Crippen molar-refractivity contribution in [2.45, 2.75) is 18.6 Å². The number of carbonyl (C=O) groups is 2. The summed E-state index contributed by atoms with van der Waals surface area (Å²) in [5.41, 5.74) is 0.467. The van der Waals surface area contributed by atoms with Gasteiger partial charge in [0.2, 0.25) is 11.0 Å². The van der Waals surface area contributed by atoms with E-state index in [0.717, 1.165) is 41.2 Å². The second kappa shape index (κ2) is 10.6. The van der Waals surface area contributed by atoms with Crippen molar-refractivity contribution in [1.82, 2.24) is 15.5 Å². The van der Waals surface area contributed by atoms with Crippen molar-refractivity contribution in [2.24, 2.45) is 0 Å². The van der Waals surface area contributed by atoms with Crippen molar-refractivity contribution in [2.75, 3.05) is 5.32 Å². The van der Waals surface area contributed by atoms with Crippen LogP contribution in [0.2, 0.25) is 0 Å². The number of aromatic nitrogens is 2. The summed E-state index contributed by atoms with van der Waals surface area (Å²) < 4.78 is 51.7. The monoisotopic (exact) mass is 514 g/mol. The zero-order chi connectivity index (χ0) is 25.7. The molecule has 0 saturated carbocycles. The van der Waals surface area contributed by atoms with Gasteiger partial charge in [0.25, 0.3) is 5.91 Å². The predicted molar refractivity (Wildman–Crippen MR) is 127 cm³/mol. The molecule has 0 bridgehead atoms. The van der Waals surface area contributed by atoms with E-state index < -0.39 is 35.4 Å². The Morgan fingerprint density at radius 2 is 1.56 bits per heavy atom. The van der Waals surface area contributed by atoms with Crippen LogP contribution in [-0.2, 0) is 17.4 Å². The lowest BCUT2D eigenvalue weighted by molar-refractivity contribution is -0.137. The third-order valence-corrected chi connectivity index (χ3v) is 6.01. The molecule has 4 aromatic rings. The average Bonchev–Trinajstić information content (AvgIpc) is 3.32. The van der Waals surface area contributed by atoms with Gasteiger partial charge in [-0.3, -0.25) is 14.9 Å². The summed E-state index contributed by atoms with van der Waals surface area (Å²) in [5.74, 6) is -1.69. The molecule has 6 nitrogen and oxygen atoms in total. The lowest BCUT2D eigenvalue weighted by atomic mass is 10.0. The fraction of sp³-hybridized carbons (Fsp3) is 0.120. The minimum absolute atomic E-state index is 0.0247. The van der Waals surface area contributed by atoms with Crippen molar-refractivity contribution in [1.29, 1.82) is 0 Å². The van der Waals surface area contributed by atoms with Gasteiger partial charge in [0, 0.05) is 17.5 Å². The molecule has 1 heterocycles. The quantitative estimate of drug-likeness (QED) is 0.326. The average molecular weight is 515 g/mol. The summed E-state index contributed by atoms with van der Waals surface area (Å²) in [7, 11) is 0. The maximum atomic E-state index is 13.2. The molecule has 0 aliphatic rings. The van der Waals surface area contributed by atoms with E-state index in [1.165, 1.54) is 24.3 Å². The Bertz CT molecular complexity index is 1340. The third-order valence-electron chi connectivity index (χ3n) is 5.13. The van der Waals surface area contributed by atoms with Gasteiger partial charge in [-0.15, -0.1) is 10.2 Å². The number of halogens is 4. The Morgan fingerprint density at radius 1 is 0.889 bits per heavy atom. The Labute approximate surface area is 207 Å². The highest BCUT2D eigenvalue weighted by molar-refractivity contribution is 7.18. The standard InChI is InChI=1S/C25H18F4N4O2S/c26-19-12-8-17(9-13-19)23-32-33-24(36-23)31-22(35)20(14-15-4-2-1-3-5-15)30-21(34)16-6-10-18(11-7-16)25(27,28)29/h1-13,20H,14H2,(H,30,34)(H,31,33,35). The predicted octanol–water partition coefficient (Wildman–Crippen LogP) is 5.34. The number of alkyl halides is 3. The third kappa shape index (κ3) is 6.30. The van der Waals surface area contributed by atoms with E-state index in [9.17, 15) is 27.2 Å². The van der Waals surface area contributed by atoms with Crippen LogP contribution in [0, 0.1) is 5.82 Å². The number of amides is 2. The minimum Gasteiger partial charge on any atom is -0.340 e. The van der Waals surface area contributed by atoms with Gasteiger partial charge in [-0.1, -0.05) is 41.7 Å². The molecule has 36 heavy (non-hydrogen) atoms. The molecule has 184 valence electrons. The summed E-state index contributed by atoms with van der Waals surface area (Å²) in [5, 5.41) is 13.8. The smallest absolute Gasteiger partial charge is 0.340 e. The van der Waals surface area contributed by atoms with Gasteiger partial charge in [0.1, 0.15) is 16.9 Å². The van der Waals surface area contributed by atoms with Crippen LogP contribution in [0.4, 0.5) is 22.7 Å². The zero-order valence-corrected chi connectivity index (χ0v) is 19.2. The molecule has 0 radical (unpaired) electrons. The molecule has 2 amide bonds. The highest BCUT2D eigenvalue weighted by Crippen LogP contribution is 2.29. The largest absolute Gasteiger partial charge is 0.416 e. The van der Waals surface area contributed by atoms with Crippen LogP contribution in [0.5, 0.6) is 0 Å². The zero-order valence-electron chi connectivity index (χ0n) is 18.4. The van der Waals surface area contributed by atoms with E-state index in [2.05, 4.69) is 20.8 Å². The van der Waals surface area contributed by atoms with Gasteiger partial charge in [0.05, 0.1) is 5.56 Å². The van der Waals surface area contributed by atoms with Crippen molar-refractivity contribution < 1.29 is 27.2 Å². The Morgan fingerprint density at radius 3 is 2.19 bits per heavy atom. The Kier molecular flexibility index (Phi) is 7.39. The summed E-state index contributed by atoms with van der Waals surface area (Å²) in [4.78, 5) is 25.8. The number of hydrogen-bond donors (Lipinski definition) is 2. The van der Waals surface area contributed by atoms with E-state index >= 15 is 0 Å². The first-order valence-electron chi connectivity index (χ1n) is 10.6. The summed E-state index contributed by atoms with van der Waals surface area (Å²) in [6.07, 6.45) is -4.40. The van der Waals surface area contributed by atoms with E-state index in [1.54, 1.807) is 30.3 Å². The van der Waals surface area contributed by atoms with Crippen molar-refractivity contribution in [3.63, 3.8) is 0 Å². The number of nitrogens with one attached hydrogen (secondary N) is 2. The molecule has 4 rings (SSSR count). The first-order chi connectivity index (χ1) is 17.2. The fourth-order valence-corrected chi connectivity index (χ4v) is 4.04. The van der Waals surface area contributed by atoms with Crippen LogP contribution in [-0.4, -0.2) is 28.1 Å². The minimum atomic E-state index is -4.53. The molecule has 0 saturated heterocycles. The SMILES string of the molecule is O=C(NC(Cc1ccccc1)C(=O)Nc1nnc(-c2ccc(F)cc2)s1)c1ccc(C(F)(F)F)cc1. The van der Waals surface area contributed by atoms with Gasteiger partial charge >= 0.3 is 6.18 Å². The van der Waals surface area contributed by atoms with Gasteiger partial charge in [0.15, 0.2) is 0 Å². The number of carbonyl (C=O) groups excluding carboxylic acids is 2. The van der Waals surface area contributed by atoms with E-state index in [4.69, 9.17) is 0 Å². The Balaban J connectivity index is 1.50. The summed E-state index contributed by atoms with van der Waals surface area (Å²) in [6.45, 7) is 0. The maximum absolute atomic E-state index is 13.2. The number of rotatable bonds is 7. The first kappa shape index (κ1) is 25.0. The van der Waals surface area contributed by atoms with Gasteiger partial charge in [-0.05, 0) is 54.1 Å². The van der Waals surface area contributed by atoms with Crippen LogP contribution in [0.3, 0.4) is 0 Å². The lowest BCUT2D eigenvalue weighted by Crippen LogP contribution is -2.45. The van der Waals surface area contributed by atoms with Crippen LogP contribution >= 0.6 is 11.3 Å². The van der Waals surface area contributed by atoms with Crippen LogP contribution in [0.15, 0.2) is 78.9 Å². The molecule has 0 aliphatic heterocycles. The summed E-state index contributed by atoms with van der Waals surface area (Å²) in [6, 6.07) is 17.2. The molecule has 2 N–H and O–H groups in total. The first-order valence-corrected chi connectivity index (χ1v) is 11.4. The van der Waals surface area contributed by atoms with Gasteiger partial charge in [-0.2, -0.15) is 13.2 Å². The highest BCUT2D eigenvalue weighted by atomic mass is 32.1. The van der Waals surface area contributed by atoms with E-state index in [1.807, 2.05) is 0 Å². The number of benzene rings is 3. The second-order valence-corrected chi connectivity index (χ2v) is 8.68. The molecular formula is C25H18F4N4O2S. The molecule has 0 spiro atoms. The van der Waals surface area contributed by atoms with Crippen molar-refractivity contribution in [3.05, 3.63) is 101 Å². The molecule has 1 atom stereocenters. The normalized spacial score (nSPS) is 12.1.